The Bertz CT molecular complexity index is 1260. The molecule has 7 nitrogen and oxygen atoms in total. The number of urea groups is 1. The third-order valence-corrected chi connectivity index (χ3v) is 6.14. The first-order chi connectivity index (χ1) is 16.0. The van der Waals surface area contributed by atoms with Gasteiger partial charge in [-0.25, -0.2) is 14.1 Å². The predicted molar refractivity (Wildman–Crippen MR) is 129 cm³/mol. The third-order valence-electron chi connectivity index (χ3n) is 6.14. The number of halogens is 1. The Morgan fingerprint density at radius 1 is 1.12 bits per heavy atom. The van der Waals surface area contributed by atoms with Crippen LogP contribution in [0.1, 0.15) is 38.8 Å². The molecule has 2 aromatic carbocycles. The second kappa shape index (κ2) is 8.44. The Balaban J connectivity index is 1.74. The molecule has 1 fully saturated rings. The molecule has 8 heteroatoms. The van der Waals surface area contributed by atoms with Crippen LogP contribution in [-0.4, -0.2) is 37.0 Å². The molecule has 0 radical (unpaired) electrons. The van der Waals surface area contributed by atoms with Crippen LogP contribution in [0.5, 0.6) is 5.75 Å². The molecule has 0 spiro atoms. The maximum Gasteiger partial charge on any atom is 0.335 e. The standard InChI is InChI=1S/C26H26FN3O4/c1-6-34-18-9-7-17(8-10-18)30-24(32)20(23(31)28-25(30)33)12-16-11-19-15(2)14-26(3,4)29(5)22(19)13-21(16)27/h7-14H,6H2,1-5H3,(H,28,31,33)/b20-12-. The molecule has 2 aromatic rings. The van der Waals surface area contributed by atoms with Crippen LogP contribution in [-0.2, 0) is 9.59 Å². The number of barbiturate groups is 1. The van der Waals surface area contributed by atoms with Gasteiger partial charge in [0.25, 0.3) is 11.8 Å². The fraction of sp³-hybridized carbons (Fsp3) is 0.269. The van der Waals surface area contributed by atoms with E-state index >= 15 is 4.39 Å². The van der Waals surface area contributed by atoms with Crippen LogP contribution < -0.4 is 19.9 Å². The molecule has 0 atom stereocenters. The van der Waals surface area contributed by atoms with Crippen LogP contribution in [0, 0.1) is 5.82 Å². The number of fused-ring (bicyclic) bond motifs is 1. The van der Waals surface area contributed by atoms with Gasteiger partial charge in [0.15, 0.2) is 0 Å². The number of carbonyl (C=O) groups excluding carboxylic acids is 3. The number of amides is 4. The molecule has 176 valence electrons. The zero-order valence-corrected chi connectivity index (χ0v) is 19.7. The first-order valence-electron chi connectivity index (χ1n) is 10.9. The van der Waals surface area contributed by atoms with E-state index in [1.54, 1.807) is 30.3 Å². The van der Waals surface area contributed by atoms with Crippen molar-refractivity contribution in [3.05, 3.63) is 65.0 Å². The lowest BCUT2D eigenvalue weighted by atomic mass is 9.88. The SMILES string of the molecule is CCOc1ccc(N2C(=O)NC(=O)/C(=C/c3cc4c(cc3F)N(C)C(C)(C)C=C4C)C2=O)cc1. The number of nitrogens with zero attached hydrogens (tertiary/aromatic N) is 2. The zero-order valence-electron chi connectivity index (χ0n) is 19.7. The molecule has 2 aliphatic rings. The number of carbonyl (C=O) groups is 3. The van der Waals surface area contributed by atoms with E-state index in [9.17, 15) is 14.4 Å². The summed E-state index contributed by atoms with van der Waals surface area (Å²) in [5.41, 5.74) is 2.20. The van der Waals surface area contributed by atoms with Gasteiger partial charge in [-0.1, -0.05) is 6.08 Å². The molecule has 1 saturated heterocycles. The van der Waals surface area contributed by atoms with Crippen molar-refractivity contribution < 1.29 is 23.5 Å². The molecular formula is C26H26FN3O4. The highest BCUT2D eigenvalue weighted by Crippen LogP contribution is 2.39. The Kier molecular flexibility index (Phi) is 5.77. The summed E-state index contributed by atoms with van der Waals surface area (Å²) in [5.74, 6) is -1.70. The van der Waals surface area contributed by atoms with Gasteiger partial charge in [-0.3, -0.25) is 14.9 Å². The van der Waals surface area contributed by atoms with Crippen molar-refractivity contribution >= 4 is 40.9 Å². The fourth-order valence-electron chi connectivity index (χ4n) is 4.20. The minimum Gasteiger partial charge on any atom is -0.494 e. The van der Waals surface area contributed by atoms with Crippen molar-refractivity contribution in [3.63, 3.8) is 0 Å². The summed E-state index contributed by atoms with van der Waals surface area (Å²) in [6, 6.07) is 8.48. The van der Waals surface area contributed by atoms with Crippen LogP contribution in [0.25, 0.3) is 11.6 Å². The number of hydrogen-bond acceptors (Lipinski definition) is 5. The Morgan fingerprint density at radius 3 is 2.44 bits per heavy atom. The van der Waals surface area contributed by atoms with Gasteiger partial charge in [0.2, 0.25) is 0 Å². The number of anilines is 2. The van der Waals surface area contributed by atoms with Crippen LogP contribution >= 0.6 is 0 Å². The van der Waals surface area contributed by atoms with Gasteiger partial charge in [0, 0.05) is 23.9 Å². The smallest absolute Gasteiger partial charge is 0.335 e. The van der Waals surface area contributed by atoms with E-state index in [-0.39, 0.29) is 22.4 Å². The van der Waals surface area contributed by atoms with Crippen molar-refractivity contribution in [2.24, 2.45) is 0 Å². The van der Waals surface area contributed by atoms with Crippen molar-refractivity contribution in [1.29, 1.82) is 0 Å². The molecule has 4 amide bonds. The quantitative estimate of drug-likeness (QED) is 0.533. The van der Waals surface area contributed by atoms with Crippen LogP contribution in [0.3, 0.4) is 0 Å². The van der Waals surface area contributed by atoms with Gasteiger partial charge in [0.1, 0.15) is 17.1 Å². The lowest BCUT2D eigenvalue weighted by Crippen LogP contribution is -2.54. The summed E-state index contributed by atoms with van der Waals surface area (Å²) < 4.78 is 20.5. The number of allylic oxidation sites excluding steroid dienone is 1. The summed E-state index contributed by atoms with van der Waals surface area (Å²) in [6.07, 6.45) is 3.27. The number of nitrogens with one attached hydrogen (secondary N) is 1. The highest BCUT2D eigenvalue weighted by Gasteiger charge is 2.37. The van der Waals surface area contributed by atoms with Crippen LogP contribution in [0.15, 0.2) is 48.0 Å². The Morgan fingerprint density at radius 2 is 1.79 bits per heavy atom. The third kappa shape index (κ3) is 3.96. The molecule has 1 N–H and O–H groups in total. The number of rotatable bonds is 4. The maximum absolute atomic E-state index is 15.1. The molecule has 0 saturated carbocycles. The first-order valence-corrected chi connectivity index (χ1v) is 10.9. The summed E-state index contributed by atoms with van der Waals surface area (Å²) in [5, 5.41) is 2.16. The lowest BCUT2D eigenvalue weighted by Gasteiger charge is -2.40. The topological polar surface area (TPSA) is 79.0 Å². The van der Waals surface area contributed by atoms with Gasteiger partial charge in [0.05, 0.1) is 17.8 Å². The number of hydrogen-bond donors (Lipinski definition) is 1. The molecule has 0 bridgehead atoms. The number of likely N-dealkylation sites (N-methyl/N-ethyl adjacent to an activating group) is 1. The van der Waals surface area contributed by atoms with Gasteiger partial charge in [-0.05, 0) is 75.7 Å². The molecule has 0 unspecified atom stereocenters. The van der Waals surface area contributed by atoms with Crippen LogP contribution in [0.4, 0.5) is 20.6 Å². The van der Waals surface area contributed by atoms with E-state index in [1.165, 1.54) is 12.1 Å². The maximum atomic E-state index is 15.1. The first kappa shape index (κ1) is 23.2. The summed E-state index contributed by atoms with van der Waals surface area (Å²) >= 11 is 0. The second-order valence-corrected chi connectivity index (χ2v) is 8.82. The van der Waals surface area contributed by atoms with Crippen molar-refractivity contribution in [1.82, 2.24) is 5.32 Å². The van der Waals surface area contributed by atoms with E-state index < -0.39 is 23.7 Å². The minimum absolute atomic E-state index is 0.0825. The van der Waals surface area contributed by atoms with Gasteiger partial charge in [-0.15, -0.1) is 0 Å². The van der Waals surface area contributed by atoms with Crippen molar-refractivity contribution in [2.75, 3.05) is 23.5 Å². The number of benzene rings is 2. The van der Waals surface area contributed by atoms with Crippen LogP contribution in [0.2, 0.25) is 0 Å². The zero-order chi connectivity index (χ0) is 24.8. The fourth-order valence-corrected chi connectivity index (χ4v) is 4.20. The molecule has 0 aliphatic carbocycles. The molecule has 0 aromatic heterocycles. The van der Waals surface area contributed by atoms with E-state index in [0.29, 0.717) is 12.4 Å². The average molecular weight is 464 g/mol. The monoisotopic (exact) mass is 463 g/mol. The Hall–Kier alpha value is -3.94. The van der Waals surface area contributed by atoms with Crippen molar-refractivity contribution in [3.8, 4) is 5.75 Å². The number of ether oxygens (including phenoxy) is 1. The second-order valence-electron chi connectivity index (χ2n) is 8.82. The Labute approximate surface area is 197 Å². The van der Waals surface area contributed by atoms with Crippen molar-refractivity contribution in [2.45, 2.75) is 33.2 Å². The average Bonchev–Trinajstić information content (AvgIpc) is 2.76. The summed E-state index contributed by atoms with van der Waals surface area (Å²) in [6.45, 7) is 8.31. The lowest BCUT2D eigenvalue weighted by molar-refractivity contribution is -0.122. The van der Waals surface area contributed by atoms with Gasteiger partial charge >= 0.3 is 6.03 Å². The van der Waals surface area contributed by atoms with E-state index in [1.807, 2.05) is 39.6 Å². The largest absolute Gasteiger partial charge is 0.494 e. The molecule has 2 heterocycles. The predicted octanol–water partition coefficient (Wildman–Crippen LogP) is 4.52. The summed E-state index contributed by atoms with van der Waals surface area (Å²) in [7, 11) is 1.89. The summed E-state index contributed by atoms with van der Waals surface area (Å²) in [4.78, 5) is 41.0. The van der Waals surface area contributed by atoms with E-state index in [2.05, 4.69) is 11.4 Å². The van der Waals surface area contributed by atoms with E-state index in [4.69, 9.17) is 4.74 Å². The van der Waals surface area contributed by atoms with Gasteiger partial charge in [-0.2, -0.15) is 0 Å². The number of imide groups is 2. The molecule has 4 rings (SSSR count). The highest BCUT2D eigenvalue weighted by atomic mass is 19.1. The normalized spacial score (nSPS) is 18.6. The molecule has 34 heavy (non-hydrogen) atoms. The molecule has 2 aliphatic heterocycles. The van der Waals surface area contributed by atoms with E-state index in [0.717, 1.165) is 21.7 Å². The van der Waals surface area contributed by atoms with Gasteiger partial charge < -0.3 is 9.64 Å². The highest BCUT2D eigenvalue weighted by molar-refractivity contribution is 6.39. The molecular weight excluding hydrogens is 437 g/mol. The minimum atomic E-state index is -0.875.